The smallest absolute Gasteiger partial charge is 0.224 e. The van der Waals surface area contributed by atoms with Gasteiger partial charge in [-0.3, -0.25) is 9.78 Å². The van der Waals surface area contributed by atoms with Crippen LogP contribution in [0.4, 0.5) is 0 Å². The second kappa shape index (κ2) is 5.52. The summed E-state index contributed by atoms with van der Waals surface area (Å²) in [5.41, 5.74) is 8.46. The highest BCUT2D eigenvalue weighted by Gasteiger charge is 2.32. The topological polar surface area (TPSA) is 59.2 Å². The molecule has 4 heteroatoms. The van der Waals surface area contributed by atoms with Crippen molar-refractivity contribution in [3.05, 3.63) is 29.6 Å². The average molecular weight is 273 g/mol. The van der Waals surface area contributed by atoms with E-state index in [1.165, 1.54) is 12.0 Å². The van der Waals surface area contributed by atoms with Crippen LogP contribution in [0.15, 0.2) is 18.3 Å². The molecule has 0 bridgehead atoms. The number of amides is 1. The fourth-order valence-electron chi connectivity index (χ4n) is 3.42. The van der Waals surface area contributed by atoms with Gasteiger partial charge in [0.15, 0.2) is 0 Å². The van der Waals surface area contributed by atoms with Gasteiger partial charge >= 0.3 is 0 Å². The largest absolute Gasteiger partial charge is 0.338 e. The van der Waals surface area contributed by atoms with Gasteiger partial charge in [0, 0.05) is 43.4 Å². The van der Waals surface area contributed by atoms with Gasteiger partial charge in [-0.2, -0.15) is 0 Å². The number of carbonyl (C=O) groups is 1. The number of carbonyl (C=O) groups excluding carboxylic acids is 1. The second-order valence-corrected chi connectivity index (χ2v) is 6.27. The predicted molar refractivity (Wildman–Crippen MR) is 78.0 cm³/mol. The highest BCUT2D eigenvalue weighted by atomic mass is 16.2. The molecule has 4 nitrogen and oxygen atoms in total. The Kier molecular flexibility index (Phi) is 3.74. The first-order valence-corrected chi connectivity index (χ1v) is 7.66. The fraction of sp³-hybridized carbons (Fsp3) is 0.625. The van der Waals surface area contributed by atoms with Gasteiger partial charge in [-0.05, 0) is 24.5 Å². The van der Waals surface area contributed by atoms with Crippen molar-refractivity contribution in [3.63, 3.8) is 0 Å². The molecule has 0 unspecified atom stereocenters. The summed E-state index contributed by atoms with van der Waals surface area (Å²) in [5, 5.41) is 0. The molecule has 0 aromatic carbocycles. The maximum Gasteiger partial charge on any atom is 0.224 e. The molecule has 1 aromatic heterocycles. The van der Waals surface area contributed by atoms with Crippen molar-refractivity contribution in [1.82, 2.24) is 9.88 Å². The quantitative estimate of drug-likeness (QED) is 0.896. The fourth-order valence-corrected chi connectivity index (χ4v) is 3.42. The Labute approximate surface area is 120 Å². The van der Waals surface area contributed by atoms with Crippen molar-refractivity contribution < 1.29 is 4.79 Å². The molecule has 108 valence electrons. The zero-order valence-electron chi connectivity index (χ0n) is 12.0. The standard InChI is InChI=1S/C16H23N3O/c17-16(7-2-1-3-8-16)11-15(20)19-10-6-14-13(12-19)5-4-9-18-14/h4-5,9H,1-3,6-8,10-12,17H2. The number of hydrogen-bond acceptors (Lipinski definition) is 3. The van der Waals surface area contributed by atoms with E-state index in [2.05, 4.69) is 11.1 Å². The van der Waals surface area contributed by atoms with Crippen molar-refractivity contribution in [1.29, 1.82) is 0 Å². The molecule has 1 saturated carbocycles. The van der Waals surface area contributed by atoms with E-state index in [9.17, 15) is 4.79 Å². The van der Waals surface area contributed by atoms with Crippen LogP contribution in [0, 0.1) is 0 Å². The normalized spacial score (nSPS) is 21.4. The molecule has 1 fully saturated rings. The Hall–Kier alpha value is -1.42. The molecule has 2 N–H and O–H groups in total. The second-order valence-electron chi connectivity index (χ2n) is 6.27. The van der Waals surface area contributed by atoms with Gasteiger partial charge < -0.3 is 10.6 Å². The summed E-state index contributed by atoms with van der Waals surface area (Å²) in [6.45, 7) is 1.47. The van der Waals surface area contributed by atoms with Gasteiger partial charge in [0.2, 0.25) is 5.91 Å². The summed E-state index contributed by atoms with van der Waals surface area (Å²) < 4.78 is 0. The molecule has 0 atom stereocenters. The molecule has 1 aromatic rings. The van der Waals surface area contributed by atoms with Crippen molar-refractivity contribution in [3.8, 4) is 0 Å². The van der Waals surface area contributed by atoms with Crippen molar-refractivity contribution >= 4 is 5.91 Å². The van der Waals surface area contributed by atoms with Gasteiger partial charge in [0.05, 0.1) is 0 Å². The molecule has 20 heavy (non-hydrogen) atoms. The summed E-state index contributed by atoms with van der Waals surface area (Å²) >= 11 is 0. The molecule has 0 radical (unpaired) electrons. The van der Waals surface area contributed by atoms with E-state index < -0.39 is 0 Å². The van der Waals surface area contributed by atoms with E-state index in [4.69, 9.17) is 5.73 Å². The molecule has 0 spiro atoms. The first kappa shape index (κ1) is 13.6. The van der Waals surface area contributed by atoms with E-state index in [0.717, 1.165) is 44.3 Å². The van der Waals surface area contributed by atoms with Crippen LogP contribution in [-0.4, -0.2) is 27.9 Å². The van der Waals surface area contributed by atoms with Crippen LogP contribution in [0.25, 0.3) is 0 Å². The third kappa shape index (κ3) is 2.85. The van der Waals surface area contributed by atoms with Gasteiger partial charge in [-0.1, -0.05) is 25.3 Å². The van der Waals surface area contributed by atoms with Crippen LogP contribution in [0.1, 0.15) is 49.8 Å². The Morgan fingerprint density at radius 3 is 2.95 bits per heavy atom. The van der Waals surface area contributed by atoms with Gasteiger partial charge in [0.1, 0.15) is 0 Å². The van der Waals surface area contributed by atoms with Crippen molar-refractivity contribution in [2.45, 2.75) is 57.0 Å². The average Bonchev–Trinajstić information content (AvgIpc) is 2.47. The minimum absolute atomic E-state index is 0.212. The van der Waals surface area contributed by atoms with Gasteiger partial charge in [-0.15, -0.1) is 0 Å². The monoisotopic (exact) mass is 273 g/mol. The van der Waals surface area contributed by atoms with Crippen LogP contribution < -0.4 is 5.73 Å². The van der Waals surface area contributed by atoms with Gasteiger partial charge in [-0.25, -0.2) is 0 Å². The first-order valence-electron chi connectivity index (χ1n) is 7.66. The van der Waals surface area contributed by atoms with Crippen LogP contribution in [-0.2, 0) is 17.8 Å². The predicted octanol–water partition coefficient (Wildman–Crippen LogP) is 2.02. The summed E-state index contributed by atoms with van der Waals surface area (Å²) in [7, 11) is 0. The zero-order valence-corrected chi connectivity index (χ0v) is 12.0. The molecule has 0 saturated heterocycles. The molecule has 1 aliphatic heterocycles. The third-order valence-corrected chi connectivity index (χ3v) is 4.67. The number of fused-ring (bicyclic) bond motifs is 1. The molecular weight excluding hydrogens is 250 g/mol. The Morgan fingerprint density at radius 1 is 1.35 bits per heavy atom. The number of hydrogen-bond donors (Lipinski definition) is 1. The number of aromatic nitrogens is 1. The number of nitrogens with two attached hydrogens (primary N) is 1. The van der Waals surface area contributed by atoms with E-state index >= 15 is 0 Å². The lowest BCUT2D eigenvalue weighted by molar-refractivity contribution is -0.133. The highest BCUT2D eigenvalue weighted by Crippen LogP contribution is 2.30. The first-order chi connectivity index (χ1) is 9.66. The lowest BCUT2D eigenvalue weighted by atomic mass is 9.80. The molecular formula is C16H23N3O. The Balaban J connectivity index is 1.64. The summed E-state index contributed by atoms with van der Waals surface area (Å²) in [6.07, 6.45) is 8.76. The number of rotatable bonds is 2. The summed E-state index contributed by atoms with van der Waals surface area (Å²) in [4.78, 5) is 18.8. The molecule has 1 aliphatic carbocycles. The van der Waals surface area contributed by atoms with Gasteiger partial charge in [0.25, 0.3) is 0 Å². The van der Waals surface area contributed by atoms with Crippen LogP contribution >= 0.6 is 0 Å². The lowest BCUT2D eigenvalue weighted by Crippen LogP contribution is -2.47. The summed E-state index contributed by atoms with van der Waals surface area (Å²) in [5.74, 6) is 0.212. The SMILES string of the molecule is NC1(CC(=O)N2CCc3ncccc3C2)CCCCC1. The maximum absolute atomic E-state index is 12.5. The van der Waals surface area contributed by atoms with Crippen LogP contribution in [0.3, 0.4) is 0 Å². The number of pyridine rings is 1. The van der Waals surface area contributed by atoms with Crippen LogP contribution in [0.2, 0.25) is 0 Å². The minimum atomic E-state index is -0.259. The summed E-state index contributed by atoms with van der Waals surface area (Å²) in [6, 6.07) is 4.01. The van der Waals surface area contributed by atoms with Crippen molar-refractivity contribution in [2.75, 3.05) is 6.54 Å². The van der Waals surface area contributed by atoms with E-state index in [1.807, 2.05) is 17.2 Å². The Morgan fingerprint density at radius 2 is 2.15 bits per heavy atom. The van der Waals surface area contributed by atoms with E-state index in [0.29, 0.717) is 13.0 Å². The van der Waals surface area contributed by atoms with E-state index in [-0.39, 0.29) is 11.4 Å². The molecule has 2 heterocycles. The minimum Gasteiger partial charge on any atom is -0.338 e. The Bertz CT molecular complexity index is 494. The molecule has 2 aliphatic rings. The zero-order chi connectivity index (χ0) is 14.0. The van der Waals surface area contributed by atoms with Crippen LogP contribution in [0.5, 0.6) is 0 Å². The highest BCUT2D eigenvalue weighted by molar-refractivity contribution is 5.77. The number of nitrogens with zero attached hydrogens (tertiary/aromatic N) is 2. The van der Waals surface area contributed by atoms with E-state index in [1.54, 1.807) is 0 Å². The molecule has 1 amide bonds. The molecule has 3 rings (SSSR count). The third-order valence-electron chi connectivity index (χ3n) is 4.67. The van der Waals surface area contributed by atoms with Crippen molar-refractivity contribution in [2.24, 2.45) is 5.73 Å². The lowest BCUT2D eigenvalue weighted by Gasteiger charge is -2.36. The maximum atomic E-state index is 12.5.